The molecule has 2 nitrogen and oxygen atoms in total. The molecule has 1 N–H and O–H groups in total. The SMILES string of the molecule is CNC(=O)c1ccccc1Cc1ccccc1-c1ccccc1. The van der Waals surface area contributed by atoms with E-state index in [1.54, 1.807) is 7.05 Å². The Morgan fingerprint density at radius 1 is 0.783 bits per heavy atom. The average molecular weight is 301 g/mol. The smallest absolute Gasteiger partial charge is 0.251 e. The zero-order valence-electron chi connectivity index (χ0n) is 13.1. The lowest BCUT2D eigenvalue weighted by atomic mass is 9.93. The highest BCUT2D eigenvalue weighted by Gasteiger charge is 2.11. The van der Waals surface area contributed by atoms with Crippen molar-refractivity contribution in [3.8, 4) is 11.1 Å². The van der Waals surface area contributed by atoms with E-state index >= 15 is 0 Å². The van der Waals surface area contributed by atoms with Crippen LogP contribution in [0, 0.1) is 0 Å². The standard InChI is InChI=1S/C21H19NO/c1-22-21(23)20-14-8-6-12-18(20)15-17-11-5-7-13-19(17)16-9-3-2-4-10-16/h2-14H,15H2,1H3,(H,22,23). The van der Waals surface area contributed by atoms with Crippen molar-refractivity contribution < 1.29 is 4.79 Å². The molecule has 3 aromatic carbocycles. The maximum atomic E-state index is 12.1. The van der Waals surface area contributed by atoms with Gasteiger partial charge >= 0.3 is 0 Å². The van der Waals surface area contributed by atoms with Gasteiger partial charge in [-0.05, 0) is 34.7 Å². The van der Waals surface area contributed by atoms with E-state index in [1.165, 1.54) is 16.7 Å². The number of benzene rings is 3. The van der Waals surface area contributed by atoms with Gasteiger partial charge in [0.05, 0.1) is 0 Å². The minimum atomic E-state index is -0.0437. The quantitative estimate of drug-likeness (QED) is 0.764. The molecule has 0 saturated heterocycles. The lowest BCUT2D eigenvalue weighted by Gasteiger charge is -2.12. The molecule has 0 aliphatic heterocycles. The summed E-state index contributed by atoms with van der Waals surface area (Å²) in [6.07, 6.45) is 0.731. The minimum absolute atomic E-state index is 0.0437. The first-order chi connectivity index (χ1) is 11.3. The molecule has 0 aromatic heterocycles. The summed E-state index contributed by atoms with van der Waals surface area (Å²) in [6, 6.07) is 26.5. The second-order valence-corrected chi connectivity index (χ2v) is 5.44. The molecule has 3 aromatic rings. The Labute approximate surface area is 136 Å². The Morgan fingerprint density at radius 3 is 2.13 bits per heavy atom. The molecule has 0 spiro atoms. The van der Waals surface area contributed by atoms with Gasteiger partial charge in [0.1, 0.15) is 0 Å². The van der Waals surface area contributed by atoms with Crippen molar-refractivity contribution in [1.82, 2.24) is 5.32 Å². The molecular weight excluding hydrogens is 282 g/mol. The van der Waals surface area contributed by atoms with E-state index in [9.17, 15) is 4.79 Å². The number of carbonyl (C=O) groups is 1. The number of carbonyl (C=O) groups excluding carboxylic acids is 1. The summed E-state index contributed by atoms with van der Waals surface area (Å²) in [5.41, 5.74) is 5.39. The van der Waals surface area contributed by atoms with E-state index in [-0.39, 0.29) is 5.91 Å². The summed E-state index contributed by atoms with van der Waals surface area (Å²) in [4.78, 5) is 12.1. The summed E-state index contributed by atoms with van der Waals surface area (Å²) in [5.74, 6) is -0.0437. The fourth-order valence-electron chi connectivity index (χ4n) is 2.81. The molecule has 0 radical (unpaired) electrons. The minimum Gasteiger partial charge on any atom is -0.355 e. The van der Waals surface area contributed by atoms with Crippen molar-refractivity contribution in [2.45, 2.75) is 6.42 Å². The van der Waals surface area contributed by atoms with Crippen LogP contribution >= 0.6 is 0 Å². The first-order valence-corrected chi connectivity index (χ1v) is 7.73. The molecule has 0 saturated carbocycles. The van der Waals surface area contributed by atoms with E-state index in [4.69, 9.17) is 0 Å². The molecule has 114 valence electrons. The predicted molar refractivity (Wildman–Crippen MR) is 94.5 cm³/mol. The Balaban J connectivity index is 2.01. The molecule has 0 aliphatic carbocycles. The van der Waals surface area contributed by atoms with Crippen molar-refractivity contribution in [2.24, 2.45) is 0 Å². The van der Waals surface area contributed by atoms with Crippen LogP contribution in [-0.2, 0) is 6.42 Å². The molecule has 0 fully saturated rings. The van der Waals surface area contributed by atoms with Crippen LogP contribution in [0.25, 0.3) is 11.1 Å². The normalized spacial score (nSPS) is 10.3. The van der Waals surface area contributed by atoms with Gasteiger partial charge in [0.15, 0.2) is 0 Å². The van der Waals surface area contributed by atoms with Crippen molar-refractivity contribution in [3.63, 3.8) is 0 Å². The third kappa shape index (κ3) is 3.32. The topological polar surface area (TPSA) is 29.1 Å². The molecule has 0 heterocycles. The summed E-state index contributed by atoms with van der Waals surface area (Å²) >= 11 is 0. The highest BCUT2D eigenvalue weighted by Crippen LogP contribution is 2.26. The Bertz CT molecular complexity index is 809. The number of rotatable bonds is 4. The number of hydrogen-bond acceptors (Lipinski definition) is 1. The molecule has 0 bridgehead atoms. The summed E-state index contributed by atoms with van der Waals surface area (Å²) in [5, 5.41) is 2.71. The molecule has 0 aliphatic rings. The molecule has 2 heteroatoms. The Hall–Kier alpha value is -2.87. The summed E-state index contributed by atoms with van der Waals surface area (Å²) < 4.78 is 0. The maximum absolute atomic E-state index is 12.1. The number of hydrogen-bond donors (Lipinski definition) is 1. The van der Waals surface area contributed by atoms with E-state index in [1.807, 2.05) is 48.5 Å². The maximum Gasteiger partial charge on any atom is 0.251 e. The van der Waals surface area contributed by atoms with Gasteiger partial charge in [-0.1, -0.05) is 72.8 Å². The highest BCUT2D eigenvalue weighted by atomic mass is 16.1. The van der Waals surface area contributed by atoms with E-state index in [2.05, 4.69) is 35.6 Å². The molecule has 1 amide bonds. The number of nitrogens with one attached hydrogen (secondary N) is 1. The van der Waals surface area contributed by atoms with E-state index in [0.29, 0.717) is 0 Å². The third-order valence-corrected chi connectivity index (χ3v) is 3.97. The van der Waals surface area contributed by atoms with Crippen molar-refractivity contribution in [1.29, 1.82) is 0 Å². The lowest BCUT2D eigenvalue weighted by Crippen LogP contribution is -2.19. The molecule has 3 rings (SSSR count). The predicted octanol–water partition coefficient (Wildman–Crippen LogP) is 4.30. The monoisotopic (exact) mass is 301 g/mol. The van der Waals surface area contributed by atoms with Crippen molar-refractivity contribution in [3.05, 3.63) is 95.6 Å². The summed E-state index contributed by atoms with van der Waals surface area (Å²) in [6.45, 7) is 0. The second kappa shape index (κ2) is 6.93. The van der Waals surface area contributed by atoms with Gasteiger partial charge in [0.2, 0.25) is 0 Å². The van der Waals surface area contributed by atoms with Crippen molar-refractivity contribution >= 4 is 5.91 Å². The van der Waals surface area contributed by atoms with Gasteiger partial charge in [-0.2, -0.15) is 0 Å². The highest BCUT2D eigenvalue weighted by molar-refractivity contribution is 5.95. The van der Waals surface area contributed by atoms with Crippen molar-refractivity contribution in [2.75, 3.05) is 7.05 Å². The largest absolute Gasteiger partial charge is 0.355 e. The first-order valence-electron chi connectivity index (χ1n) is 7.73. The Morgan fingerprint density at radius 2 is 1.39 bits per heavy atom. The van der Waals surface area contributed by atoms with Crippen LogP contribution in [0.4, 0.5) is 0 Å². The molecule has 23 heavy (non-hydrogen) atoms. The van der Waals surface area contributed by atoms with Gasteiger partial charge < -0.3 is 5.32 Å². The lowest BCUT2D eigenvalue weighted by molar-refractivity contribution is 0.0962. The fraction of sp³-hybridized carbons (Fsp3) is 0.0952. The van der Waals surface area contributed by atoms with Crippen LogP contribution in [0.15, 0.2) is 78.9 Å². The summed E-state index contributed by atoms with van der Waals surface area (Å²) in [7, 11) is 1.66. The number of amides is 1. The van der Waals surface area contributed by atoms with E-state index in [0.717, 1.165) is 17.5 Å². The Kier molecular flexibility index (Phi) is 4.53. The molecular formula is C21H19NO. The van der Waals surface area contributed by atoms with Crippen LogP contribution in [-0.4, -0.2) is 13.0 Å². The van der Waals surface area contributed by atoms with Crippen LogP contribution in [0.5, 0.6) is 0 Å². The third-order valence-electron chi connectivity index (χ3n) is 3.97. The zero-order chi connectivity index (χ0) is 16.1. The second-order valence-electron chi connectivity index (χ2n) is 5.44. The zero-order valence-corrected chi connectivity index (χ0v) is 13.1. The van der Waals surface area contributed by atoms with Crippen LogP contribution in [0.1, 0.15) is 21.5 Å². The van der Waals surface area contributed by atoms with Crippen LogP contribution in [0.2, 0.25) is 0 Å². The first kappa shape index (κ1) is 15.0. The molecule has 0 atom stereocenters. The van der Waals surface area contributed by atoms with Crippen LogP contribution < -0.4 is 5.32 Å². The average Bonchev–Trinajstić information content (AvgIpc) is 2.63. The fourth-order valence-corrected chi connectivity index (χ4v) is 2.81. The van der Waals surface area contributed by atoms with E-state index < -0.39 is 0 Å². The van der Waals surface area contributed by atoms with Gasteiger partial charge in [-0.3, -0.25) is 4.79 Å². The van der Waals surface area contributed by atoms with Gasteiger partial charge in [0.25, 0.3) is 5.91 Å². The van der Waals surface area contributed by atoms with Gasteiger partial charge in [-0.15, -0.1) is 0 Å². The van der Waals surface area contributed by atoms with Gasteiger partial charge in [-0.25, -0.2) is 0 Å². The molecule has 0 unspecified atom stereocenters. The van der Waals surface area contributed by atoms with Gasteiger partial charge in [0, 0.05) is 12.6 Å². The van der Waals surface area contributed by atoms with Crippen LogP contribution in [0.3, 0.4) is 0 Å².